The van der Waals surface area contributed by atoms with Gasteiger partial charge in [-0.1, -0.05) is 5.21 Å². The fraction of sp³-hybridized carbons (Fsp3) is 0.625. The number of β-amino-alcohol motifs (C(OH)–C–C–N with tert-alkyl or cyclic N) is 1. The Labute approximate surface area is 136 Å². The maximum atomic E-state index is 11.0. The number of hydrogen-bond acceptors (Lipinski definition) is 6. The summed E-state index contributed by atoms with van der Waals surface area (Å²) in [5.74, 6) is 1.66. The number of aromatic nitrogens is 5. The SMILES string of the molecule is Cc1nc(C)c(C)c(N2CCC(O)(c3cn(C(C)C)nn3)C2)n1. The lowest BCUT2D eigenvalue weighted by Crippen LogP contribution is -2.32. The van der Waals surface area contributed by atoms with Gasteiger partial charge in [0, 0.05) is 30.3 Å². The zero-order valence-corrected chi connectivity index (χ0v) is 14.4. The van der Waals surface area contributed by atoms with Crippen LogP contribution in [0.4, 0.5) is 5.82 Å². The fourth-order valence-electron chi connectivity index (χ4n) is 2.98. The predicted molar refractivity (Wildman–Crippen MR) is 87.4 cm³/mol. The smallest absolute Gasteiger partial charge is 0.135 e. The molecule has 0 amide bonds. The van der Waals surface area contributed by atoms with Crippen molar-refractivity contribution in [1.29, 1.82) is 0 Å². The molecule has 3 rings (SSSR count). The molecule has 1 fully saturated rings. The Kier molecular flexibility index (Phi) is 3.83. The van der Waals surface area contributed by atoms with Crippen LogP contribution in [-0.4, -0.2) is 43.2 Å². The predicted octanol–water partition coefficient (Wildman–Crippen LogP) is 1.67. The summed E-state index contributed by atoms with van der Waals surface area (Å²) >= 11 is 0. The number of aliphatic hydroxyl groups is 1. The molecule has 0 aliphatic carbocycles. The Morgan fingerprint density at radius 2 is 1.96 bits per heavy atom. The number of anilines is 1. The van der Waals surface area contributed by atoms with Crippen molar-refractivity contribution in [1.82, 2.24) is 25.0 Å². The van der Waals surface area contributed by atoms with Crippen LogP contribution in [0.2, 0.25) is 0 Å². The van der Waals surface area contributed by atoms with E-state index in [9.17, 15) is 5.11 Å². The van der Waals surface area contributed by atoms with E-state index in [-0.39, 0.29) is 6.04 Å². The van der Waals surface area contributed by atoms with Gasteiger partial charge in [-0.15, -0.1) is 5.10 Å². The van der Waals surface area contributed by atoms with E-state index in [0.29, 0.717) is 18.7 Å². The third kappa shape index (κ3) is 2.81. The van der Waals surface area contributed by atoms with Crippen LogP contribution in [0.15, 0.2) is 6.20 Å². The lowest BCUT2D eigenvalue weighted by Gasteiger charge is -2.23. The van der Waals surface area contributed by atoms with Crippen molar-refractivity contribution >= 4 is 5.82 Å². The summed E-state index contributed by atoms with van der Waals surface area (Å²) in [5, 5.41) is 19.3. The number of rotatable bonds is 3. The van der Waals surface area contributed by atoms with Crippen LogP contribution in [-0.2, 0) is 5.60 Å². The molecule has 2 aromatic rings. The normalized spacial score (nSPS) is 21.4. The van der Waals surface area contributed by atoms with Crippen molar-refractivity contribution in [3.63, 3.8) is 0 Å². The van der Waals surface area contributed by atoms with E-state index in [2.05, 4.69) is 25.2 Å². The molecule has 0 bridgehead atoms. The van der Waals surface area contributed by atoms with Crippen molar-refractivity contribution in [3.05, 3.63) is 29.0 Å². The molecular weight excluding hydrogens is 292 g/mol. The molecule has 1 aliphatic heterocycles. The number of hydrogen-bond donors (Lipinski definition) is 1. The molecule has 23 heavy (non-hydrogen) atoms. The molecule has 3 heterocycles. The topological polar surface area (TPSA) is 80.0 Å². The first-order valence-electron chi connectivity index (χ1n) is 8.01. The van der Waals surface area contributed by atoms with Gasteiger partial charge in [-0.25, -0.2) is 14.6 Å². The van der Waals surface area contributed by atoms with E-state index in [4.69, 9.17) is 0 Å². The van der Waals surface area contributed by atoms with Gasteiger partial charge in [-0.05, 0) is 34.6 Å². The Morgan fingerprint density at radius 3 is 2.61 bits per heavy atom. The van der Waals surface area contributed by atoms with Crippen LogP contribution in [0.5, 0.6) is 0 Å². The van der Waals surface area contributed by atoms with Crippen LogP contribution < -0.4 is 4.90 Å². The molecule has 0 saturated carbocycles. The van der Waals surface area contributed by atoms with E-state index < -0.39 is 5.60 Å². The highest BCUT2D eigenvalue weighted by Crippen LogP contribution is 2.34. The third-order valence-electron chi connectivity index (χ3n) is 4.54. The maximum absolute atomic E-state index is 11.0. The summed E-state index contributed by atoms with van der Waals surface area (Å²) in [5.41, 5.74) is 1.69. The zero-order chi connectivity index (χ0) is 16.8. The molecular formula is C16H24N6O. The molecule has 7 heteroatoms. The largest absolute Gasteiger partial charge is 0.381 e. The average molecular weight is 316 g/mol. The molecule has 124 valence electrons. The first kappa shape index (κ1) is 15.9. The van der Waals surface area contributed by atoms with Gasteiger partial charge in [0.15, 0.2) is 0 Å². The molecule has 2 aromatic heterocycles. The number of nitrogens with zero attached hydrogens (tertiary/aromatic N) is 6. The summed E-state index contributed by atoms with van der Waals surface area (Å²) < 4.78 is 1.78. The first-order valence-corrected chi connectivity index (χ1v) is 8.01. The van der Waals surface area contributed by atoms with Crippen LogP contribution in [0.1, 0.15) is 49.1 Å². The summed E-state index contributed by atoms with van der Waals surface area (Å²) in [6.45, 7) is 11.2. The van der Waals surface area contributed by atoms with Crippen molar-refractivity contribution in [2.45, 2.75) is 52.7 Å². The molecule has 1 saturated heterocycles. The van der Waals surface area contributed by atoms with E-state index in [1.807, 2.05) is 40.8 Å². The van der Waals surface area contributed by atoms with Crippen LogP contribution in [0.25, 0.3) is 0 Å². The Morgan fingerprint density at radius 1 is 1.22 bits per heavy atom. The molecule has 1 aliphatic rings. The fourth-order valence-corrected chi connectivity index (χ4v) is 2.98. The van der Waals surface area contributed by atoms with Crippen LogP contribution >= 0.6 is 0 Å². The minimum Gasteiger partial charge on any atom is -0.381 e. The lowest BCUT2D eigenvalue weighted by atomic mass is 10.00. The van der Waals surface area contributed by atoms with Gasteiger partial charge in [-0.2, -0.15) is 0 Å². The van der Waals surface area contributed by atoms with Gasteiger partial charge in [-0.3, -0.25) is 0 Å². The maximum Gasteiger partial charge on any atom is 0.135 e. The van der Waals surface area contributed by atoms with Gasteiger partial charge < -0.3 is 10.0 Å². The Balaban J connectivity index is 1.87. The molecule has 0 spiro atoms. The molecule has 0 radical (unpaired) electrons. The van der Waals surface area contributed by atoms with Gasteiger partial charge in [0.2, 0.25) is 0 Å². The van der Waals surface area contributed by atoms with E-state index in [1.165, 1.54) is 0 Å². The van der Waals surface area contributed by atoms with Crippen molar-refractivity contribution in [3.8, 4) is 0 Å². The first-order chi connectivity index (χ1) is 10.8. The molecule has 7 nitrogen and oxygen atoms in total. The Hall–Kier alpha value is -2.02. The second-order valence-corrected chi connectivity index (χ2v) is 6.69. The molecule has 1 N–H and O–H groups in total. The minimum absolute atomic E-state index is 0.228. The van der Waals surface area contributed by atoms with E-state index >= 15 is 0 Å². The highest BCUT2D eigenvalue weighted by Gasteiger charge is 2.41. The van der Waals surface area contributed by atoms with Gasteiger partial charge in [0.25, 0.3) is 0 Å². The summed E-state index contributed by atoms with van der Waals surface area (Å²) in [6, 6.07) is 0.228. The van der Waals surface area contributed by atoms with Crippen LogP contribution in [0.3, 0.4) is 0 Å². The molecule has 0 aromatic carbocycles. The summed E-state index contributed by atoms with van der Waals surface area (Å²) in [7, 11) is 0. The lowest BCUT2D eigenvalue weighted by molar-refractivity contribution is 0.0558. The monoisotopic (exact) mass is 316 g/mol. The number of aryl methyl sites for hydroxylation is 2. The minimum atomic E-state index is -0.980. The highest BCUT2D eigenvalue weighted by atomic mass is 16.3. The van der Waals surface area contributed by atoms with Crippen molar-refractivity contribution in [2.75, 3.05) is 18.0 Å². The summed E-state index contributed by atoms with van der Waals surface area (Å²) in [4.78, 5) is 11.1. The Bertz CT molecular complexity index is 725. The highest BCUT2D eigenvalue weighted by molar-refractivity contribution is 5.50. The quantitative estimate of drug-likeness (QED) is 0.928. The van der Waals surface area contributed by atoms with Crippen molar-refractivity contribution < 1.29 is 5.11 Å². The standard InChI is InChI=1S/C16H24N6O/c1-10(2)22-8-14(19-20-22)16(23)6-7-21(9-16)15-11(3)12(4)17-13(5)18-15/h8,10,23H,6-7,9H2,1-5H3. The third-order valence-corrected chi connectivity index (χ3v) is 4.54. The molecule has 1 unspecified atom stereocenters. The van der Waals surface area contributed by atoms with E-state index in [1.54, 1.807) is 4.68 Å². The average Bonchev–Trinajstić information content (AvgIpc) is 3.10. The van der Waals surface area contributed by atoms with Gasteiger partial charge in [0.05, 0.1) is 12.7 Å². The van der Waals surface area contributed by atoms with Crippen molar-refractivity contribution in [2.24, 2.45) is 0 Å². The van der Waals surface area contributed by atoms with Gasteiger partial charge in [0.1, 0.15) is 22.9 Å². The second kappa shape index (κ2) is 5.56. The molecule has 1 atom stereocenters. The second-order valence-electron chi connectivity index (χ2n) is 6.69. The van der Waals surface area contributed by atoms with Crippen LogP contribution in [0, 0.1) is 20.8 Å². The zero-order valence-electron chi connectivity index (χ0n) is 14.4. The van der Waals surface area contributed by atoms with Gasteiger partial charge >= 0.3 is 0 Å². The summed E-state index contributed by atoms with van der Waals surface area (Å²) in [6.07, 6.45) is 2.46. The van der Waals surface area contributed by atoms with E-state index in [0.717, 1.165) is 29.4 Å².